The molecule has 1 atom stereocenters. The predicted molar refractivity (Wildman–Crippen MR) is 44.3 cm³/mol. The first kappa shape index (κ1) is 13.7. The summed E-state index contributed by atoms with van der Waals surface area (Å²) in [5.41, 5.74) is 0. The molecule has 0 nitrogen and oxygen atoms in total. The minimum Gasteiger partial charge on any atom is -0.196 e. The number of unbranched alkanes of at least 4 members (excludes halogenated alkanes) is 1. The van der Waals surface area contributed by atoms with Crippen LogP contribution in [0.1, 0.15) is 39.5 Å². The average Bonchev–Trinajstić information content (AvgIpc) is 2.03. The molecule has 0 amide bonds. The van der Waals surface area contributed by atoms with Gasteiger partial charge in [0.1, 0.15) is 0 Å². The van der Waals surface area contributed by atoms with Crippen molar-refractivity contribution in [1.82, 2.24) is 0 Å². The van der Waals surface area contributed by atoms with Gasteiger partial charge in [0.15, 0.2) is 0 Å². The Morgan fingerprint density at radius 2 is 1.50 bits per heavy atom. The molecule has 86 valence electrons. The van der Waals surface area contributed by atoms with Crippen LogP contribution < -0.4 is 0 Å². The molecule has 0 aliphatic rings. The lowest BCUT2D eigenvalue weighted by molar-refractivity contribution is -0.303. The summed E-state index contributed by atoms with van der Waals surface area (Å²) in [5, 5.41) is 0. The van der Waals surface area contributed by atoms with Crippen LogP contribution in [0, 0.1) is 5.92 Å². The molecular weight excluding hydrogens is 203 g/mol. The number of alkyl halides is 5. The first-order valence-electron chi connectivity index (χ1n) is 4.71. The van der Waals surface area contributed by atoms with E-state index in [1.165, 1.54) is 6.92 Å². The van der Waals surface area contributed by atoms with E-state index in [0.29, 0.717) is 12.8 Å². The maximum Gasteiger partial charge on any atom is 0.453 e. The number of rotatable bonds is 5. The molecule has 0 aliphatic carbocycles. The summed E-state index contributed by atoms with van der Waals surface area (Å²) >= 11 is 0. The SMILES string of the molecule is CCCCC(CC)C(F)(F)C(F)(F)F. The van der Waals surface area contributed by atoms with Gasteiger partial charge in [0.25, 0.3) is 0 Å². The maximum atomic E-state index is 12.8. The molecule has 0 bridgehead atoms. The van der Waals surface area contributed by atoms with Gasteiger partial charge in [0.05, 0.1) is 0 Å². The second kappa shape index (κ2) is 4.94. The average molecular weight is 218 g/mol. The highest BCUT2D eigenvalue weighted by Gasteiger charge is 2.60. The molecule has 0 saturated heterocycles. The molecule has 0 saturated carbocycles. The van der Waals surface area contributed by atoms with Gasteiger partial charge in [-0.2, -0.15) is 22.0 Å². The van der Waals surface area contributed by atoms with Crippen LogP contribution in [-0.2, 0) is 0 Å². The molecule has 0 rings (SSSR count). The zero-order valence-corrected chi connectivity index (χ0v) is 8.30. The van der Waals surface area contributed by atoms with E-state index in [1.807, 2.05) is 0 Å². The van der Waals surface area contributed by atoms with Crippen molar-refractivity contribution in [2.24, 2.45) is 5.92 Å². The predicted octanol–water partition coefficient (Wildman–Crippen LogP) is 4.40. The molecule has 0 aromatic rings. The van der Waals surface area contributed by atoms with Crippen LogP contribution in [0.3, 0.4) is 0 Å². The number of hydrogen-bond donors (Lipinski definition) is 0. The molecule has 0 N–H and O–H groups in total. The Bertz CT molecular complexity index is 161. The van der Waals surface area contributed by atoms with E-state index in [-0.39, 0.29) is 12.8 Å². The molecule has 0 spiro atoms. The first-order valence-corrected chi connectivity index (χ1v) is 4.71. The van der Waals surface area contributed by atoms with Crippen LogP contribution in [0.5, 0.6) is 0 Å². The molecule has 5 heteroatoms. The molecule has 0 radical (unpaired) electrons. The van der Waals surface area contributed by atoms with Crippen LogP contribution >= 0.6 is 0 Å². The highest BCUT2D eigenvalue weighted by Crippen LogP contribution is 2.44. The van der Waals surface area contributed by atoms with Crippen molar-refractivity contribution in [3.63, 3.8) is 0 Å². The fourth-order valence-electron chi connectivity index (χ4n) is 1.32. The van der Waals surface area contributed by atoms with Crippen LogP contribution in [0.4, 0.5) is 22.0 Å². The second-order valence-corrected chi connectivity index (χ2v) is 3.37. The zero-order chi connectivity index (χ0) is 11.4. The van der Waals surface area contributed by atoms with E-state index >= 15 is 0 Å². The molecular formula is C9H15F5. The van der Waals surface area contributed by atoms with E-state index in [0.717, 1.165) is 0 Å². The summed E-state index contributed by atoms with van der Waals surface area (Å²) in [6.45, 7) is 3.12. The lowest BCUT2D eigenvalue weighted by Gasteiger charge is -2.27. The van der Waals surface area contributed by atoms with Crippen molar-refractivity contribution < 1.29 is 22.0 Å². The summed E-state index contributed by atoms with van der Waals surface area (Å²) in [6, 6.07) is 0. The standard InChI is InChI=1S/C9H15F5/c1-3-5-6-7(4-2)8(10,11)9(12,13)14/h7H,3-6H2,1-2H3. The van der Waals surface area contributed by atoms with Crippen molar-refractivity contribution in [1.29, 1.82) is 0 Å². The smallest absolute Gasteiger partial charge is 0.196 e. The van der Waals surface area contributed by atoms with Gasteiger partial charge < -0.3 is 0 Å². The minimum absolute atomic E-state index is 0.0699. The quantitative estimate of drug-likeness (QED) is 0.600. The Hall–Kier alpha value is -0.350. The Kier molecular flexibility index (Phi) is 4.81. The molecule has 0 heterocycles. The molecule has 1 unspecified atom stereocenters. The topological polar surface area (TPSA) is 0 Å². The van der Waals surface area contributed by atoms with Gasteiger partial charge in [-0.1, -0.05) is 26.7 Å². The van der Waals surface area contributed by atoms with Crippen LogP contribution in [-0.4, -0.2) is 12.1 Å². The van der Waals surface area contributed by atoms with Crippen LogP contribution in [0.15, 0.2) is 0 Å². The lowest BCUT2D eigenvalue weighted by atomic mass is 9.92. The summed E-state index contributed by atoms with van der Waals surface area (Å²) in [7, 11) is 0. The molecule has 0 aliphatic heterocycles. The van der Waals surface area contributed by atoms with E-state index in [1.54, 1.807) is 6.92 Å². The van der Waals surface area contributed by atoms with Crippen LogP contribution in [0.2, 0.25) is 0 Å². The molecule has 0 aromatic heterocycles. The van der Waals surface area contributed by atoms with E-state index in [9.17, 15) is 22.0 Å². The van der Waals surface area contributed by atoms with Gasteiger partial charge in [-0.05, 0) is 12.8 Å². The highest BCUT2D eigenvalue weighted by molar-refractivity contribution is 4.83. The third-order valence-corrected chi connectivity index (χ3v) is 2.29. The first-order chi connectivity index (χ1) is 6.27. The summed E-state index contributed by atoms with van der Waals surface area (Å²) in [4.78, 5) is 0. The van der Waals surface area contributed by atoms with Gasteiger partial charge in [-0.25, -0.2) is 0 Å². The Morgan fingerprint density at radius 3 is 1.79 bits per heavy atom. The molecule has 14 heavy (non-hydrogen) atoms. The normalized spacial score (nSPS) is 15.6. The van der Waals surface area contributed by atoms with Crippen molar-refractivity contribution in [2.75, 3.05) is 0 Å². The van der Waals surface area contributed by atoms with Crippen molar-refractivity contribution in [3.8, 4) is 0 Å². The Morgan fingerprint density at radius 1 is 1.00 bits per heavy atom. The molecule has 0 aromatic carbocycles. The summed E-state index contributed by atoms with van der Waals surface area (Å²) in [5.74, 6) is -6.13. The van der Waals surface area contributed by atoms with E-state index in [2.05, 4.69) is 0 Å². The third kappa shape index (κ3) is 3.10. The van der Waals surface area contributed by atoms with E-state index < -0.39 is 18.0 Å². The van der Waals surface area contributed by atoms with Gasteiger partial charge in [0, 0.05) is 5.92 Å². The Balaban J connectivity index is 4.49. The molecule has 0 fully saturated rings. The monoisotopic (exact) mass is 218 g/mol. The lowest BCUT2D eigenvalue weighted by Crippen LogP contribution is -2.43. The maximum absolute atomic E-state index is 12.8. The van der Waals surface area contributed by atoms with Gasteiger partial charge in [-0.15, -0.1) is 0 Å². The summed E-state index contributed by atoms with van der Waals surface area (Å²) < 4.78 is 61.4. The van der Waals surface area contributed by atoms with Crippen LogP contribution in [0.25, 0.3) is 0 Å². The van der Waals surface area contributed by atoms with Crippen molar-refractivity contribution >= 4 is 0 Å². The fraction of sp³-hybridized carbons (Fsp3) is 1.00. The number of hydrogen-bond acceptors (Lipinski definition) is 0. The van der Waals surface area contributed by atoms with Crippen molar-refractivity contribution in [3.05, 3.63) is 0 Å². The second-order valence-electron chi connectivity index (χ2n) is 3.37. The Labute approximate surface area is 80.5 Å². The zero-order valence-electron chi connectivity index (χ0n) is 8.30. The highest BCUT2D eigenvalue weighted by atomic mass is 19.4. The van der Waals surface area contributed by atoms with E-state index in [4.69, 9.17) is 0 Å². The fourth-order valence-corrected chi connectivity index (χ4v) is 1.32. The third-order valence-electron chi connectivity index (χ3n) is 2.29. The van der Waals surface area contributed by atoms with Gasteiger partial charge in [0.2, 0.25) is 0 Å². The largest absolute Gasteiger partial charge is 0.453 e. The van der Waals surface area contributed by atoms with Gasteiger partial charge >= 0.3 is 12.1 Å². The van der Waals surface area contributed by atoms with Gasteiger partial charge in [-0.3, -0.25) is 0 Å². The minimum atomic E-state index is -5.42. The number of halogens is 5. The van der Waals surface area contributed by atoms with Crippen molar-refractivity contribution in [2.45, 2.75) is 51.6 Å². The summed E-state index contributed by atoms with van der Waals surface area (Å²) in [6.07, 6.45) is -4.60.